The predicted molar refractivity (Wildman–Crippen MR) is 73.4 cm³/mol. The van der Waals surface area contributed by atoms with Gasteiger partial charge in [0.1, 0.15) is 5.82 Å². The number of alkyl halides is 1. The SMILES string of the molecule is Cc1ccc(C(Br)c2ccc(Cl)c(F)c2)cc1. The molecule has 0 saturated carbocycles. The van der Waals surface area contributed by atoms with Gasteiger partial charge >= 0.3 is 0 Å². The fourth-order valence-electron chi connectivity index (χ4n) is 1.60. The van der Waals surface area contributed by atoms with Crippen molar-refractivity contribution >= 4 is 27.5 Å². The summed E-state index contributed by atoms with van der Waals surface area (Å²) in [6.45, 7) is 2.04. The second-order valence-electron chi connectivity index (χ2n) is 3.95. The smallest absolute Gasteiger partial charge is 0.142 e. The van der Waals surface area contributed by atoms with Crippen molar-refractivity contribution in [2.45, 2.75) is 11.8 Å². The summed E-state index contributed by atoms with van der Waals surface area (Å²) in [6, 6.07) is 13.0. The van der Waals surface area contributed by atoms with E-state index in [0.29, 0.717) is 0 Å². The van der Waals surface area contributed by atoms with Gasteiger partial charge in [-0.1, -0.05) is 63.4 Å². The lowest BCUT2D eigenvalue weighted by Gasteiger charge is -2.11. The van der Waals surface area contributed by atoms with E-state index in [9.17, 15) is 4.39 Å². The van der Waals surface area contributed by atoms with Crippen LogP contribution in [-0.2, 0) is 0 Å². The van der Waals surface area contributed by atoms with Crippen molar-refractivity contribution in [2.75, 3.05) is 0 Å². The number of aryl methyl sites for hydroxylation is 1. The second-order valence-corrected chi connectivity index (χ2v) is 5.27. The first-order chi connectivity index (χ1) is 8.08. The Bertz CT molecular complexity index is 522. The highest BCUT2D eigenvalue weighted by Gasteiger charge is 2.11. The van der Waals surface area contributed by atoms with Crippen LogP contribution in [0.1, 0.15) is 21.5 Å². The summed E-state index contributed by atoms with van der Waals surface area (Å²) < 4.78 is 13.4. The molecule has 0 saturated heterocycles. The third-order valence-electron chi connectivity index (χ3n) is 2.61. The molecule has 0 aliphatic heterocycles. The maximum atomic E-state index is 13.4. The van der Waals surface area contributed by atoms with Gasteiger partial charge in [-0.2, -0.15) is 0 Å². The quantitative estimate of drug-likeness (QED) is 0.662. The fourth-order valence-corrected chi connectivity index (χ4v) is 2.31. The van der Waals surface area contributed by atoms with Gasteiger partial charge in [-0.05, 0) is 30.2 Å². The average Bonchev–Trinajstić information content (AvgIpc) is 2.33. The van der Waals surface area contributed by atoms with Gasteiger partial charge in [-0.15, -0.1) is 0 Å². The van der Waals surface area contributed by atoms with Crippen molar-refractivity contribution < 1.29 is 4.39 Å². The fraction of sp³-hybridized carbons (Fsp3) is 0.143. The van der Waals surface area contributed by atoms with Gasteiger partial charge in [0, 0.05) is 0 Å². The van der Waals surface area contributed by atoms with Crippen LogP contribution in [0.25, 0.3) is 0 Å². The predicted octanol–water partition coefficient (Wildman–Crippen LogP) is 5.27. The Balaban J connectivity index is 2.33. The summed E-state index contributed by atoms with van der Waals surface area (Å²) in [5.74, 6) is -0.388. The summed E-state index contributed by atoms with van der Waals surface area (Å²) in [5.41, 5.74) is 3.16. The molecule has 0 heterocycles. The minimum absolute atomic E-state index is 0.0186. The summed E-state index contributed by atoms with van der Waals surface area (Å²) in [7, 11) is 0. The third-order valence-corrected chi connectivity index (χ3v) is 3.97. The maximum absolute atomic E-state index is 13.4. The van der Waals surface area contributed by atoms with Gasteiger partial charge in [-0.25, -0.2) is 4.39 Å². The molecule has 0 aliphatic carbocycles. The molecule has 88 valence electrons. The van der Waals surface area contributed by atoms with Crippen LogP contribution in [0.5, 0.6) is 0 Å². The number of hydrogen-bond donors (Lipinski definition) is 0. The maximum Gasteiger partial charge on any atom is 0.142 e. The molecule has 0 amide bonds. The van der Waals surface area contributed by atoms with Gasteiger partial charge in [0.15, 0.2) is 0 Å². The van der Waals surface area contributed by atoms with Crippen LogP contribution in [-0.4, -0.2) is 0 Å². The van der Waals surface area contributed by atoms with Crippen LogP contribution >= 0.6 is 27.5 Å². The van der Waals surface area contributed by atoms with E-state index >= 15 is 0 Å². The zero-order chi connectivity index (χ0) is 12.4. The van der Waals surface area contributed by atoms with Gasteiger partial charge in [0.25, 0.3) is 0 Å². The Morgan fingerprint density at radius 2 is 1.65 bits per heavy atom. The van der Waals surface area contributed by atoms with E-state index in [1.807, 2.05) is 37.3 Å². The van der Waals surface area contributed by atoms with E-state index in [1.54, 1.807) is 6.07 Å². The first-order valence-electron chi connectivity index (χ1n) is 5.23. The molecule has 2 aromatic rings. The van der Waals surface area contributed by atoms with Crippen LogP contribution < -0.4 is 0 Å². The molecule has 17 heavy (non-hydrogen) atoms. The molecule has 0 aromatic heterocycles. The summed E-state index contributed by atoms with van der Waals surface area (Å²) in [4.78, 5) is -0.0186. The molecule has 2 rings (SSSR count). The second kappa shape index (κ2) is 5.19. The number of halogens is 3. The van der Waals surface area contributed by atoms with Gasteiger partial charge < -0.3 is 0 Å². The minimum atomic E-state index is -0.388. The molecule has 0 spiro atoms. The van der Waals surface area contributed by atoms with Crippen molar-refractivity contribution in [3.63, 3.8) is 0 Å². The lowest BCUT2D eigenvalue weighted by Crippen LogP contribution is -1.94. The molecule has 0 nitrogen and oxygen atoms in total. The van der Waals surface area contributed by atoms with Crippen molar-refractivity contribution in [3.05, 3.63) is 70.0 Å². The summed E-state index contributed by atoms with van der Waals surface area (Å²) >= 11 is 9.23. The zero-order valence-electron chi connectivity index (χ0n) is 9.25. The average molecular weight is 314 g/mol. The van der Waals surface area contributed by atoms with Crippen LogP contribution in [0.4, 0.5) is 4.39 Å². The monoisotopic (exact) mass is 312 g/mol. The Morgan fingerprint density at radius 1 is 1.06 bits per heavy atom. The Kier molecular flexibility index (Phi) is 3.85. The molecule has 0 N–H and O–H groups in total. The Hall–Kier alpha value is -0.860. The highest BCUT2D eigenvalue weighted by molar-refractivity contribution is 9.09. The molecule has 3 heteroatoms. The first kappa shape index (κ1) is 12.6. The highest BCUT2D eigenvalue weighted by atomic mass is 79.9. The van der Waals surface area contributed by atoms with Gasteiger partial charge in [0.2, 0.25) is 0 Å². The first-order valence-corrected chi connectivity index (χ1v) is 6.53. The molecular weight excluding hydrogens is 303 g/mol. The van der Waals surface area contributed by atoms with E-state index < -0.39 is 0 Å². The Labute approximate surface area is 114 Å². The largest absolute Gasteiger partial charge is 0.205 e. The summed E-state index contributed by atoms with van der Waals surface area (Å²) in [5, 5.41) is 0.150. The van der Waals surface area contributed by atoms with Gasteiger partial charge in [0.05, 0.1) is 9.85 Å². The Morgan fingerprint density at radius 3 is 2.24 bits per heavy atom. The van der Waals surface area contributed by atoms with Crippen LogP contribution in [0.2, 0.25) is 5.02 Å². The lowest BCUT2D eigenvalue weighted by atomic mass is 10.0. The van der Waals surface area contributed by atoms with Crippen LogP contribution in [0.3, 0.4) is 0 Å². The topological polar surface area (TPSA) is 0 Å². The number of hydrogen-bond acceptors (Lipinski definition) is 0. The molecule has 1 atom stereocenters. The molecule has 0 radical (unpaired) electrons. The van der Waals surface area contributed by atoms with E-state index in [1.165, 1.54) is 11.6 Å². The highest BCUT2D eigenvalue weighted by Crippen LogP contribution is 2.32. The number of benzene rings is 2. The number of rotatable bonds is 2. The molecule has 0 fully saturated rings. The molecule has 0 aliphatic rings. The van der Waals surface area contributed by atoms with E-state index in [0.717, 1.165) is 11.1 Å². The van der Waals surface area contributed by atoms with E-state index in [-0.39, 0.29) is 15.7 Å². The molecular formula is C14H11BrClF. The van der Waals surface area contributed by atoms with Gasteiger partial charge in [-0.3, -0.25) is 0 Å². The van der Waals surface area contributed by atoms with Crippen LogP contribution in [0.15, 0.2) is 42.5 Å². The summed E-state index contributed by atoms with van der Waals surface area (Å²) in [6.07, 6.45) is 0. The van der Waals surface area contributed by atoms with Crippen molar-refractivity contribution in [1.82, 2.24) is 0 Å². The van der Waals surface area contributed by atoms with Crippen molar-refractivity contribution in [1.29, 1.82) is 0 Å². The van der Waals surface area contributed by atoms with Crippen molar-refractivity contribution in [3.8, 4) is 0 Å². The molecule has 0 bridgehead atoms. The van der Waals surface area contributed by atoms with Crippen LogP contribution in [0, 0.1) is 12.7 Å². The molecule has 1 unspecified atom stereocenters. The third kappa shape index (κ3) is 2.88. The van der Waals surface area contributed by atoms with E-state index in [2.05, 4.69) is 15.9 Å². The standard InChI is InChI=1S/C14H11BrClF/c1-9-2-4-10(5-3-9)14(15)11-6-7-12(16)13(17)8-11/h2-8,14H,1H3. The lowest BCUT2D eigenvalue weighted by molar-refractivity contribution is 0.626. The normalized spacial score (nSPS) is 12.5. The van der Waals surface area contributed by atoms with Crippen molar-refractivity contribution in [2.24, 2.45) is 0 Å². The zero-order valence-corrected chi connectivity index (χ0v) is 11.6. The minimum Gasteiger partial charge on any atom is -0.205 e. The molecule has 2 aromatic carbocycles. The van der Waals surface area contributed by atoms with E-state index in [4.69, 9.17) is 11.6 Å².